The van der Waals surface area contributed by atoms with Gasteiger partial charge in [-0.1, -0.05) is 0 Å². The summed E-state index contributed by atoms with van der Waals surface area (Å²) >= 11 is 0. The fourth-order valence-electron chi connectivity index (χ4n) is 1.07. The first kappa shape index (κ1) is 6.01. The summed E-state index contributed by atoms with van der Waals surface area (Å²) in [7, 11) is 1.91. The number of hydrazine groups is 1. The second-order valence-electron chi connectivity index (χ2n) is 2.13. The lowest BCUT2D eigenvalue weighted by Crippen LogP contribution is -2.43. The van der Waals surface area contributed by atoms with Gasteiger partial charge < -0.3 is 5.73 Å². The van der Waals surface area contributed by atoms with E-state index in [1.165, 1.54) is 6.42 Å². The van der Waals surface area contributed by atoms with E-state index in [1.54, 1.807) is 0 Å². The fourth-order valence-corrected chi connectivity index (χ4v) is 1.07. The standard InChI is InChI=1S/C5H13N3/c1-7-8-4-2-3-5(8)6/h5,7H,2-4,6H2,1H3. The molecule has 48 valence electrons. The lowest BCUT2D eigenvalue weighted by molar-refractivity contribution is 0.193. The molecule has 1 aliphatic rings. The largest absolute Gasteiger partial charge is 0.315 e. The molecule has 1 heterocycles. The van der Waals surface area contributed by atoms with E-state index in [0.717, 1.165) is 13.0 Å². The van der Waals surface area contributed by atoms with Gasteiger partial charge in [-0.25, -0.2) is 5.01 Å². The van der Waals surface area contributed by atoms with E-state index in [4.69, 9.17) is 5.73 Å². The molecule has 1 fully saturated rings. The third kappa shape index (κ3) is 0.992. The highest BCUT2D eigenvalue weighted by Gasteiger charge is 2.17. The van der Waals surface area contributed by atoms with E-state index >= 15 is 0 Å². The molecule has 1 atom stereocenters. The van der Waals surface area contributed by atoms with Crippen molar-refractivity contribution < 1.29 is 0 Å². The van der Waals surface area contributed by atoms with E-state index in [9.17, 15) is 0 Å². The second-order valence-corrected chi connectivity index (χ2v) is 2.13. The molecule has 1 saturated heterocycles. The van der Waals surface area contributed by atoms with Crippen LogP contribution in [-0.4, -0.2) is 24.8 Å². The highest BCUT2D eigenvalue weighted by atomic mass is 15.5. The molecule has 0 aromatic heterocycles. The van der Waals surface area contributed by atoms with Crippen molar-refractivity contribution in [3.8, 4) is 0 Å². The summed E-state index contributed by atoms with van der Waals surface area (Å²) in [6.07, 6.45) is 2.60. The van der Waals surface area contributed by atoms with Crippen molar-refractivity contribution in [1.29, 1.82) is 0 Å². The number of rotatable bonds is 1. The van der Waals surface area contributed by atoms with Crippen molar-refractivity contribution in [2.45, 2.75) is 19.0 Å². The normalized spacial score (nSPS) is 31.5. The van der Waals surface area contributed by atoms with Gasteiger partial charge in [0.2, 0.25) is 0 Å². The highest BCUT2D eigenvalue weighted by Crippen LogP contribution is 2.07. The lowest BCUT2D eigenvalue weighted by atomic mass is 10.3. The molecule has 1 aliphatic heterocycles. The Kier molecular flexibility index (Phi) is 1.83. The summed E-state index contributed by atoms with van der Waals surface area (Å²) in [6.45, 7) is 1.09. The summed E-state index contributed by atoms with van der Waals surface area (Å²) in [5.41, 5.74) is 8.67. The predicted molar refractivity (Wildman–Crippen MR) is 33.0 cm³/mol. The molecular formula is C5H13N3. The summed E-state index contributed by atoms with van der Waals surface area (Å²) in [6, 6.07) is 0. The first-order valence-corrected chi connectivity index (χ1v) is 3.04. The van der Waals surface area contributed by atoms with E-state index in [0.29, 0.717) is 0 Å². The summed E-state index contributed by atoms with van der Waals surface area (Å²) < 4.78 is 0. The molecule has 0 saturated carbocycles. The maximum atomic E-state index is 5.65. The van der Waals surface area contributed by atoms with Gasteiger partial charge in [0.05, 0.1) is 6.17 Å². The third-order valence-electron chi connectivity index (χ3n) is 1.59. The predicted octanol–water partition coefficient (Wildman–Crippen LogP) is -0.499. The van der Waals surface area contributed by atoms with Crippen molar-refractivity contribution in [3.05, 3.63) is 0 Å². The molecule has 0 radical (unpaired) electrons. The minimum Gasteiger partial charge on any atom is -0.315 e. The van der Waals surface area contributed by atoms with Gasteiger partial charge in [-0.3, -0.25) is 5.43 Å². The van der Waals surface area contributed by atoms with Gasteiger partial charge in [-0.15, -0.1) is 0 Å². The Morgan fingerprint density at radius 2 is 2.50 bits per heavy atom. The van der Waals surface area contributed by atoms with Crippen molar-refractivity contribution >= 4 is 0 Å². The monoisotopic (exact) mass is 115 g/mol. The van der Waals surface area contributed by atoms with Crippen LogP contribution in [0, 0.1) is 0 Å². The van der Waals surface area contributed by atoms with E-state index in [1.807, 2.05) is 7.05 Å². The molecule has 3 heteroatoms. The molecular weight excluding hydrogens is 102 g/mol. The number of nitrogens with one attached hydrogen (secondary N) is 1. The van der Waals surface area contributed by atoms with Crippen molar-refractivity contribution in [2.75, 3.05) is 13.6 Å². The molecule has 0 spiro atoms. The molecule has 0 amide bonds. The van der Waals surface area contributed by atoms with E-state index in [2.05, 4.69) is 10.4 Å². The van der Waals surface area contributed by atoms with Gasteiger partial charge in [0.15, 0.2) is 0 Å². The zero-order chi connectivity index (χ0) is 5.98. The molecule has 0 aromatic rings. The first-order chi connectivity index (χ1) is 3.84. The molecule has 0 bridgehead atoms. The van der Waals surface area contributed by atoms with Crippen LogP contribution in [0.25, 0.3) is 0 Å². The van der Waals surface area contributed by atoms with Gasteiger partial charge in [0.1, 0.15) is 0 Å². The van der Waals surface area contributed by atoms with Crippen LogP contribution in [0.5, 0.6) is 0 Å². The maximum Gasteiger partial charge on any atom is 0.0708 e. The van der Waals surface area contributed by atoms with Crippen LogP contribution in [0.3, 0.4) is 0 Å². The van der Waals surface area contributed by atoms with Gasteiger partial charge in [-0.05, 0) is 19.9 Å². The molecule has 0 aliphatic carbocycles. The quantitative estimate of drug-likeness (QED) is 0.484. The van der Waals surface area contributed by atoms with Gasteiger partial charge in [0, 0.05) is 6.54 Å². The zero-order valence-corrected chi connectivity index (χ0v) is 5.22. The van der Waals surface area contributed by atoms with Crippen molar-refractivity contribution in [2.24, 2.45) is 5.73 Å². The Morgan fingerprint density at radius 1 is 1.75 bits per heavy atom. The van der Waals surface area contributed by atoms with Crippen LogP contribution in [-0.2, 0) is 0 Å². The van der Waals surface area contributed by atoms with E-state index < -0.39 is 0 Å². The Balaban J connectivity index is 2.30. The van der Waals surface area contributed by atoms with Crippen LogP contribution in [0.4, 0.5) is 0 Å². The summed E-state index contributed by atoms with van der Waals surface area (Å²) in [5, 5.41) is 2.06. The number of hydrogen-bond donors (Lipinski definition) is 2. The minimum absolute atomic E-state index is 0.250. The summed E-state index contributed by atoms with van der Waals surface area (Å²) in [4.78, 5) is 0. The van der Waals surface area contributed by atoms with Crippen LogP contribution >= 0.6 is 0 Å². The first-order valence-electron chi connectivity index (χ1n) is 3.04. The lowest BCUT2D eigenvalue weighted by Gasteiger charge is -2.18. The van der Waals surface area contributed by atoms with Crippen LogP contribution in [0.15, 0.2) is 0 Å². The van der Waals surface area contributed by atoms with Gasteiger partial charge >= 0.3 is 0 Å². The average Bonchev–Trinajstić information content (AvgIpc) is 2.14. The van der Waals surface area contributed by atoms with Crippen molar-refractivity contribution in [3.63, 3.8) is 0 Å². The Morgan fingerprint density at radius 3 is 2.75 bits per heavy atom. The number of nitrogens with two attached hydrogens (primary N) is 1. The fraction of sp³-hybridized carbons (Fsp3) is 1.00. The summed E-state index contributed by atoms with van der Waals surface area (Å²) in [5.74, 6) is 0. The minimum atomic E-state index is 0.250. The number of hydrogen-bond acceptors (Lipinski definition) is 3. The Hall–Kier alpha value is -0.120. The zero-order valence-electron chi connectivity index (χ0n) is 5.22. The topological polar surface area (TPSA) is 41.3 Å². The molecule has 3 nitrogen and oxygen atoms in total. The highest BCUT2D eigenvalue weighted by molar-refractivity contribution is 4.68. The average molecular weight is 115 g/mol. The van der Waals surface area contributed by atoms with E-state index in [-0.39, 0.29) is 6.17 Å². The second kappa shape index (κ2) is 2.44. The molecule has 0 aromatic carbocycles. The Labute approximate surface area is 49.8 Å². The van der Waals surface area contributed by atoms with Crippen LogP contribution in [0.1, 0.15) is 12.8 Å². The smallest absolute Gasteiger partial charge is 0.0708 e. The van der Waals surface area contributed by atoms with Crippen molar-refractivity contribution in [1.82, 2.24) is 10.4 Å². The van der Waals surface area contributed by atoms with Gasteiger partial charge in [0.25, 0.3) is 0 Å². The van der Waals surface area contributed by atoms with Gasteiger partial charge in [-0.2, -0.15) is 0 Å². The molecule has 3 N–H and O–H groups in total. The van der Waals surface area contributed by atoms with Crippen LogP contribution < -0.4 is 11.2 Å². The van der Waals surface area contributed by atoms with Crippen LogP contribution in [0.2, 0.25) is 0 Å². The molecule has 1 rings (SSSR count). The maximum absolute atomic E-state index is 5.65. The Bertz CT molecular complexity index is 74.1. The molecule has 1 unspecified atom stereocenters. The molecule has 8 heavy (non-hydrogen) atoms. The number of nitrogens with zero attached hydrogens (tertiary/aromatic N) is 1. The SMILES string of the molecule is CNN1CCCC1N. The third-order valence-corrected chi connectivity index (χ3v) is 1.59.